The maximum Gasteiger partial charge on any atom is 0.223 e. The normalized spacial score (nSPS) is 28.4. The molecule has 1 saturated heterocycles. The van der Waals surface area contributed by atoms with Gasteiger partial charge in [0.2, 0.25) is 5.91 Å². The summed E-state index contributed by atoms with van der Waals surface area (Å²) >= 11 is 6.03. The number of hydrogen-bond donors (Lipinski definition) is 2. The SMILES string of the molecule is O=C(NCC1CCCN1)C1CC1c1c(F)cccc1Cl. The minimum Gasteiger partial charge on any atom is -0.354 e. The summed E-state index contributed by atoms with van der Waals surface area (Å²) < 4.78 is 13.8. The molecule has 20 heavy (non-hydrogen) atoms. The predicted molar refractivity (Wildman–Crippen MR) is 76.3 cm³/mol. The van der Waals surface area contributed by atoms with Crippen LogP contribution >= 0.6 is 11.6 Å². The molecule has 108 valence electrons. The zero-order valence-corrected chi connectivity index (χ0v) is 11.9. The van der Waals surface area contributed by atoms with Gasteiger partial charge in [0.15, 0.2) is 0 Å². The van der Waals surface area contributed by atoms with Crippen molar-refractivity contribution in [2.24, 2.45) is 5.92 Å². The van der Waals surface area contributed by atoms with Crippen molar-refractivity contribution < 1.29 is 9.18 Å². The van der Waals surface area contributed by atoms with E-state index < -0.39 is 0 Å². The van der Waals surface area contributed by atoms with E-state index in [9.17, 15) is 9.18 Å². The first-order valence-electron chi connectivity index (χ1n) is 7.12. The highest BCUT2D eigenvalue weighted by Gasteiger charge is 2.46. The Kier molecular flexibility index (Phi) is 3.94. The number of amides is 1. The molecular formula is C15H18ClFN2O. The summed E-state index contributed by atoms with van der Waals surface area (Å²) in [4.78, 5) is 12.1. The highest BCUT2D eigenvalue weighted by Crippen LogP contribution is 2.50. The van der Waals surface area contributed by atoms with E-state index in [1.165, 1.54) is 6.07 Å². The van der Waals surface area contributed by atoms with Crippen molar-refractivity contribution in [3.63, 3.8) is 0 Å². The fourth-order valence-electron chi connectivity index (χ4n) is 2.95. The van der Waals surface area contributed by atoms with Crippen molar-refractivity contribution in [1.29, 1.82) is 0 Å². The average molecular weight is 297 g/mol. The first-order valence-corrected chi connectivity index (χ1v) is 7.49. The van der Waals surface area contributed by atoms with Crippen LogP contribution in [0.4, 0.5) is 4.39 Å². The van der Waals surface area contributed by atoms with Crippen LogP contribution in [-0.4, -0.2) is 25.0 Å². The molecule has 5 heteroatoms. The lowest BCUT2D eigenvalue weighted by Gasteiger charge is -2.11. The molecule has 3 rings (SSSR count). The average Bonchev–Trinajstić information content (AvgIpc) is 3.02. The molecule has 0 bridgehead atoms. The topological polar surface area (TPSA) is 41.1 Å². The van der Waals surface area contributed by atoms with Gasteiger partial charge in [-0.15, -0.1) is 0 Å². The van der Waals surface area contributed by atoms with Gasteiger partial charge in [-0.3, -0.25) is 4.79 Å². The van der Waals surface area contributed by atoms with Crippen molar-refractivity contribution in [3.8, 4) is 0 Å². The van der Waals surface area contributed by atoms with E-state index in [1.807, 2.05) is 0 Å². The van der Waals surface area contributed by atoms with Gasteiger partial charge < -0.3 is 10.6 Å². The Morgan fingerprint density at radius 1 is 1.50 bits per heavy atom. The number of halogens is 2. The Bertz CT molecular complexity index is 496. The van der Waals surface area contributed by atoms with Gasteiger partial charge in [-0.25, -0.2) is 4.39 Å². The van der Waals surface area contributed by atoms with Gasteiger partial charge in [0.25, 0.3) is 0 Å². The van der Waals surface area contributed by atoms with Gasteiger partial charge in [0.05, 0.1) is 0 Å². The van der Waals surface area contributed by atoms with Crippen molar-refractivity contribution >= 4 is 17.5 Å². The molecule has 1 aliphatic carbocycles. The van der Waals surface area contributed by atoms with E-state index in [0.717, 1.165) is 19.4 Å². The smallest absolute Gasteiger partial charge is 0.223 e. The Morgan fingerprint density at radius 2 is 2.35 bits per heavy atom. The van der Waals surface area contributed by atoms with Crippen molar-refractivity contribution in [2.75, 3.05) is 13.1 Å². The van der Waals surface area contributed by atoms with E-state index in [0.29, 0.717) is 29.6 Å². The Balaban J connectivity index is 1.56. The van der Waals surface area contributed by atoms with Crippen LogP contribution in [0.5, 0.6) is 0 Å². The summed E-state index contributed by atoms with van der Waals surface area (Å²) in [6.45, 7) is 1.69. The second-order valence-electron chi connectivity index (χ2n) is 5.62. The van der Waals surface area contributed by atoms with Crippen LogP contribution < -0.4 is 10.6 Å². The van der Waals surface area contributed by atoms with Crippen LogP contribution in [0.2, 0.25) is 5.02 Å². The molecule has 1 heterocycles. The summed E-state index contributed by atoms with van der Waals surface area (Å²) in [6, 6.07) is 5.05. The van der Waals surface area contributed by atoms with Crippen molar-refractivity contribution in [1.82, 2.24) is 10.6 Å². The maximum atomic E-state index is 13.8. The molecular weight excluding hydrogens is 279 g/mol. The molecule has 0 radical (unpaired) electrons. The molecule has 2 aliphatic rings. The second-order valence-corrected chi connectivity index (χ2v) is 6.03. The lowest BCUT2D eigenvalue weighted by atomic mass is 10.1. The lowest BCUT2D eigenvalue weighted by Crippen LogP contribution is -2.38. The third kappa shape index (κ3) is 2.81. The summed E-state index contributed by atoms with van der Waals surface area (Å²) in [6.07, 6.45) is 2.95. The van der Waals surface area contributed by atoms with Gasteiger partial charge in [-0.2, -0.15) is 0 Å². The van der Waals surface area contributed by atoms with E-state index in [4.69, 9.17) is 11.6 Å². The van der Waals surface area contributed by atoms with Gasteiger partial charge in [0.1, 0.15) is 5.82 Å². The van der Waals surface area contributed by atoms with Crippen LogP contribution in [0.3, 0.4) is 0 Å². The predicted octanol–water partition coefficient (Wildman–Crippen LogP) is 2.45. The zero-order valence-electron chi connectivity index (χ0n) is 11.2. The van der Waals surface area contributed by atoms with Crippen LogP contribution in [0.1, 0.15) is 30.7 Å². The number of hydrogen-bond acceptors (Lipinski definition) is 2. The summed E-state index contributed by atoms with van der Waals surface area (Å²) in [5.74, 6) is -0.496. The number of carbonyl (C=O) groups is 1. The summed E-state index contributed by atoms with van der Waals surface area (Å²) in [5.41, 5.74) is 0.494. The fraction of sp³-hybridized carbons (Fsp3) is 0.533. The Hall–Kier alpha value is -1.13. The van der Waals surface area contributed by atoms with Crippen LogP contribution in [-0.2, 0) is 4.79 Å². The zero-order chi connectivity index (χ0) is 14.1. The first kappa shape index (κ1) is 13.8. The molecule has 1 saturated carbocycles. The van der Waals surface area contributed by atoms with Gasteiger partial charge in [-0.1, -0.05) is 17.7 Å². The molecule has 3 nitrogen and oxygen atoms in total. The molecule has 3 unspecified atom stereocenters. The number of carbonyl (C=O) groups excluding carboxylic acids is 1. The standard InChI is InChI=1S/C15H18ClFN2O/c16-12-4-1-5-13(17)14(12)10-7-11(10)15(20)19-8-9-3-2-6-18-9/h1,4-5,9-11,18H,2-3,6-8H2,(H,19,20). The van der Waals surface area contributed by atoms with E-state index in [-0.39, 0.29) is 23.6 Å². The molecule has 0 aromatic heterocycles. The molecule has 2 fully saturated rings. The highest BCUT2D eigenvalue weighted by molar-refractivity contribution is 6.31. The second kappa shape index (κ2) is 5.70. The fourth-order valence-corrected chi connectivity index (χ4v) is 3.26. The Labute approximate surface area is 122 Å². The summed E-state index contributed by atoms with van der Waals surface area (Å²) in [5, 5.41) is 6.71. The quantitative estimate of drug-likeness (QED) is 0.896. The molecule has 1 amide bonds. The maximum absolute atomic E-state index is 13.8. The Morgan fingerprint density at radius 3 is 3.05 bits per heavy atom. The number of benzene rings is 1. The molecule has 1 aliphatic heterocycles. The number of nitrogens with one attached hydrogen (secondary N) is 2. The van der Waals surface area contributed by atoms with Gasteiger partial charge in [-0.05, 0) is 37.9 Å². The lowest BCUT2D eigenvalue weighted by molar-refractivity contribution is -0.122. The van der Waals surface area contributed by atoms with E-state index >= 15 is 0 Å². The van der Waals surface area contributed by atoms with Crippen molar-refractivity contribution in [3.05, 3.63) is 34.6 Å². The van der Waals surface area contributed by atoms with Crippen LogP contribution in [0.15, 0.2) is 18.2 Å². The van der Waals surface area contributed by atoms with Crippen LogP contribution in [0, 0.1) is 11.7 Å². The third-order valence-corrected chi connectivity index (χ3v) is 4.51. The summed E-state index contributed by atoms with van der Waals surface area (Å²) in [7, 11) is 0. The highest BCUT2D eigenvalue weighted by atomic mass is 35.5. The minimum absolute atomic E-state index is 0.0167. The monoisotopic (exact) mass is 296 g/mol. The largest absolute Gasteiger partial charge is 0.354 e. The van der Waals surface area contributed by atoms with Gasteiger partial charge in [0, 0.05) is 35.0 Å². The van der Waals surface area contributed by atoms with E-state index in [1.54, 1.807) is 12.1 Å². The first-order chi connectivity index (χ1) is 9.66. The van der Waals surface area contributed by atoms with Crippen molar-refractivity contribution in [2.45, 2.75) is 31.2 Å². The van der Waals surface area contributed by atoms with Gasteiger partial charge >= 0.3 is 0 Å². The van der Waals surface area contributed by atoms with E-state index in [2.05, 4.69) is 10.6 Å². The minimum atomic E-state index is -0.310. The molecule has 1 aromatic rings. The molecule has 1 aromatic carbocycles. The molecule has 0 spiro atoms. The molecule has 2 N–H and O–H groups in total. The van der Waals surface area contributed by atoms with Crippen LogP contribution in [0.25, 0.3) is 0 Å². The molecule has 3 atom stereocenters. The third-order valence-electron chi connectivity index (χ3n) is 4.18. The number of rotatable bonds is 4.